The van der Waals surface area contributed by atoms with Crippen LogP contribution in [0.25, 0.3) is 0 Å². The molecule has 0 saturated carbocycles. The predicted molar refractivity (Wildman–Crippen MR) is 56.5 cm³/mol. The molecular weight excluding hydrogens is 198 g/mol. The van der Waals surface area contributed by atoms with Crippen LogP contribution < -0.4 is 10.2 Å². The fraction of sp³-hybridized carbons (Fsp3) is 0.200. The van der Waals surface area contributed by atoms with E-state index in [4.69, 9.17) is 14.8 Å². The second-order valence-corrected chi connectivity index (χ2v) is 2.94. The van der Waals surface area contributed by atoms with Crippen LogP contribution in [0.4, 0.5) is 4.39 Å². The highest BCUT2D eigenvalue weighted by Gasteiger charge is 2.17. The highest BCUT2D eigenvalue weighted by molar-refractivity contribution is 6.59. The molecule has 0 aliphatic carbocycles. The second kappa shape index (κ2) is 5.53. The first-order valence-corrected chi connectivity index (χ1v) is 4.54. The molecule has 0 saturated heterocycles. The molecule has 0 aliphatic rings. The summed E-state index contributed by atoms with van der Waals surface area (Å²) in [5.41, 5.74) is 0.0273. The third-order valence-electron chi connectivity index (χ3n) is 1.82. The maximum absolute atomic E-state index is 12.8. The summed E-state index contributed by atoms with van der Waals surface area (Å²) in [6.07, 6.45) is 3.56. The second-order valence-electron chi connectivity index (χ2n) is 2.94. The van der Waals surface area contributed by atoms with E-state index in [0.29, 0.717) is 6.61 Å². The Bertz CT molecular complexity index is 353. The minimum Gasteiger partial charge on any atom is -0.490 e. The molecule has 0 bridgehead atoms. The molecule has 0 amide bonds. The van der Waals surface area contributed by atoms with Crippen molar-refractivity contribution in [2.24, 2.45) is 0 Å². The highest BCUT2D eigenvalue weighted by atomic mass is 19.1. The summed E-state index contributed by atoms with van der Waals surface area (Å²) in [5.74, 6) is -0.263. The average molecular weight is 210 g/mol. The van der Waals surface area contributed by atoms with Crippen molar-refractivity contribution in [2.45, 2.75) is 6.92 Å². The molecule has 0 aromatic heterocycles. The molecule has 0 aliphatic heterocycles. The Kier molecular flexibility index (Phi) is 4.33. The lowest BCUT2D eigenvalue weighted by Gasteiger charge is -2.09. The smallest absolute Gasteiger partial charge is 0.490 e. The van der Waals surface area contributed by atoms with E-state index in [9.17, 15) is 4.39 Å². The quantitative estimate of drug-likeness (QED) is 0.560. The van der Waals surface area contributed by atoms with Crippen molar-refractivity contribution in [3.05, 3.63) is 36.2 Å². The molecule has 0 radical (unpaired) electrons. The van der Waals surface area contributed by atoms with Gasteiger partial charge in [-0.05, 0) is 25.1 Å². The summed E-state index contributed by atoms with van der Waals surface area (Å²) in [6, 6.07) is 3.61. The summed E-state index contributed by atoms with van der Waals surface area (Å²) < 4.78 is 18.0. The van der Waals surface area contributed by atoms with Crippen LogP contribution in [0, 0.1) is 5.82 Å². The third kappa shape index (κ3) is 3.38. The Balaban J connectivity index is 2.85. The van der Waals surface area contributed by atoms with Crippen LogP contribution in [0.15, 0.2) is 30.4 Å². The minimum atomic E-state index is -1.73. The van der Waals surface area contributed by atoms with Gasteiger partial charge in [-0.3, -0.25) is 0 Å². The van der Waals surface area contributed by atoms with Gasteiger partial charge < -0.3 is 14.8 Å². The Morgan fingerprint density at radius 1 is 1.47 bits per heavy atom. The molecule has 0 spiro atoms. The van der Waals surface area contributed by atoms with E-state index in [1.807, 2.05) is 6.92 Å². The maximum atomic E-state index is 12.8. The molecule has 1 aromatic carbocycles. The highest BCUT2D eigenvalue weighted by Crippen LogP contribution is 2.09. The summed E-state index contributed by atoms with van der Waals surface area (Å²) in [6.45, 7) is 2.15. The summed E-state index contributed by atoms with van der Waals surface area (Å²) in [7, 11) is -1.73. The normalized spacial score (nSPS) is 10.7. The van der Waals surface area contributed by atoms with E-state index in [1.54, 1.807) is 12.2 Å². The molecule has 3 nitrogen and oxygen atoms in total. The predicted octanol–water partition coefficient (Wildman–Crippen LogP) is 0.460. The number of hydrogen-bond donors (Lipinski definition) is 2. The van der Waals surface area contributed by atoms with Gasteiger partial charge in [0.1, 0.15) is 18.2 Å². The first-order valence-electron chi connectivity index (χ1n) is 4.54. The maximum Gasteiger partial charge on any atom is 0.492 e. The molecule has 0 fully saturated rings. The van der Waals surface area contributed by atoms with Gasteiger partial charge in [-0.1, -0.05) is 12.2 Å². The molecule has 1 rings (SSSR count). The van der Waals surface area contributed by atoms with Crippen LogP contribution in [0.2, 0.25) is 0 Å². The number of ether oxygens (including phenoxy) is 1. The molecule has 1 aromatic rings. The Morgan fingerprint density at radius 2 is 2.20 bits per heavy atom. The lowest BCUT2D eigenvalue weighted by Crippen LogP contribution is -2.31. The number of benzene rings is 1. The lowest BCUT2D eigenvalue weighted by atomic mass is 9.79. The van der Waals surface area contributed by atoms with Crippen LogP contribution in [0.3, 0.4) is 0 Å². The van der Waals surface area contributed by atoms with E-state index in [2.05, 4.69) is 0 Å². The van der Waals surface area contributed by atoms with Crippen molar-refractivity contribution in [1.29, 1.82) is 0 Å². The van der Waals surface area contributed by atoms with E-state index >= 15 is 0 Å². The van der Waals surface area contributed by atoms with Gasteiger partial charge in [-0.25, -0.2) is 4.39 Å². The lowest BCUT2D eigenvalue weighted by molar-refractivity contribution is 0.360. The fourth-order valence-electron chi connectivity index (χ4n) is 1.09. The average Bonchev–Trinajstić information content (AvgIpc) is 2.20. The molecule has 0 atom stereocenters. The SMILES string of the molecule is C/C=C/COc1ccc(F)cc1B(O)O. The molecule has 2 N–H and O–H groups in total. The van der Waals surface area contributed by atoms with Crippen molar-refractivity contribution in [3.8, 4) is 5.75 Å². The Morgan fingerprint density at radius 3 is 2.80 bits per heavy atom. The standard InChI is InChI=1S/C10H12BFO3/c1-2-3-6-15-10-5-4-8(12)7-9(10)11(13)14/h2-5,7,13-14H,6H2,1H3/b3-2+. The number of rotatable bonds is 4. The van der Waals surface area contributed by atoms with Crippen molar-refractivity contribution >= 4 is 12.6 Å². The monoisotopic (exact) mass is 210 g/mol. The van der Waals surface area contributed by atoms with Gasteiger partial charge in [0.2, 0.25) is 0 Å². The Labute approximate surface area is 88.0 Å². The largest absolute Gasteiger partial charge is 0.492 e. The topological polar surface area (TPSA) is 49.7 Å². The first kappa shape index (κ1) is 11.7. The van der Waals surface area contributed by atoms with Crippen molar-refractivity contribution < 1.29 is 19.2 Å². The summed E-state index contributed by atoms with van der Waals surface area (Å²) in [5, 5.41) is 18.0. The van der Waals surface area contributed by atoms with Gasteiger partial charge in [0, 0.05) is 5.46 Å². The number of halogens is 1. The first-order chi connectivity index (χ1) is 7.15. The minimum absolute atomic E-state index is 0.0273. The van der Waals surface area contributed by atoms with Gasteiger partial charge >= 0.3 is 7.12 Å². The van der Waals surface area contributed by atoms with E-state index in [-0.39, 0.29) is 11.2 Å². The van der Waals surface area contributed by atoms with Gasteiger partial charge in [0.15, 0.2) is 0 Å². The van der Waals surface area contributed by atoms with Gasteiger partial charge in [0.25, 0.3) is 0 Å². The Hall–Kier alpha value is -1.33. The summed E-state index contributed by atoms with van der Waals surface area (Å²) >= 11 is 0. The van der Waals surface area contributed by atoms with E-state index in [0.717, 1.165) is 6.07 Å². The van der Waals surface area contributed by atoms with Gasteiger partial charge in [0.05, 0.1) is 0 Å². The zero-order valence-corrected chi connectivity index (χ0v) is 8.35. The molecule has 5 heteroatoms. The van der Waals surface area contributed by atoms with Crippen LogP contribution in [-0.2, 0) is 0 Å². The zero-order valence-electron chi connectivity index (χ0n) is 8.35. The van der Waals surface area contributed by atoms with Gasteiger partial charge in [-0.2, -0.15) is 0 Å². The number of allylic oxidation sites excluding steroid dienone is 1. The molecule has 15 heavy (non-hydrogen) atoms. The van der Waals surface area contributed by atoms with E-state index in [1.165, 1.54) is 12.1 Å². The van der Waals surface area contributed by atoms with Crippen LogP contribution in [0.5, 0.6) is 5.75 Å². The van der Waals surface area contributed by atoms with Crippen molar-refractivity contribution in [2.75, 3.05) is 6.61 Å². The fourth-order valence-corrected chi connectivity index (χ4v) is 1.09. The van der Waals surface area contributed by atoms with Crippen molar-refractivity contribution in [1.82, 2.24) is 0 Å². The zero-order chi connectivity index (χ0) is 11.3. The van der Waals surface area contributed by atoms with Crippen LogP contribution >= 0.6 is 0 Å². The third-order valence-corrected chi connectivity index (χ3v) is 1.82. The number of hydrogen-bond acceptors (Lipinski definition) is 3. The summed E-state index contributed by atoms with van der Waals surface area (Å²) in [4.78, 5) is 0. The molecular formula is C10H12BFO3. The van der Waals surface area contributed by atoms with Crippen LogP contribution in [-0.4, -0.2) is 23.8 Å². The molecule has 80 valence electrons. The molecule has 0 heterocycles. The van der Waals surface area contributed by atoms with Crippen LogP contribution in [0.1, 0.15) is 6.92 Å². The van der Waals surface area contributed by atoms with Gasteiger partial charge in [-0.15, -0.1) is 0 Å². The molecule has 0 unspecified atom stereocenters. The van der Waals surface area contributed by atoms with Crippen molar-refractivity contribution in [3.63, 3.8) is 0 Å². The van der Waals surface area contributed by atoms with E-state index < -0.39 is 12.9 Å².